The van der Waals surface area contributed by atoms with E-state index < -0.39 is 0 Å². The fourth-order valence-corrected chi connectivity index (χ4v) is 18.6. The highest BCUT2D eigenvalue weighted by atomic mass is 15.2. The molecular formula is C92H94B2N2. The van der Waals surface area contributed by atoms with Gasteiger partial charge in [0.2, 0.25) is 13.4 Å². The molecule has 0 bridgehead atoms. The summed E-state index contributed by atoms with van der Waals surface area (Å²) in [4.78, 5) is 5.23. The monoisotopic (exact) mass is 1250 g/mol. The molecule has 4 aliphatic heterocycles. The summed E-state index contributed by atoms with van der Waals surface area (Å²) >= 11 is 0. The van der Waals surface area contributed by atoms with Crippen LogP contribution >= 0.6 is 0 Å². The summed E-state index contributed by atoms with van der Waals surface area (Å²) in [6.45, 7) is 38.4. The second-order valence-corrected chi connectivity index (χ2v) is 32.5. The van der Waals surface area contributed by atoms with Crippen LogP contribution in [0.2, 0.25) is 0 Å². The van der Waals surface area contributed by atoms with E-state index in [1.165, 1.54) is 199 Å². The van der Waals surface area contributed by atoms with Gasteiger partial charge in [-0.3, -0.25) is 0 Å². The first-order valence-corrected chi connectivity index (χ1v) is 36.5. The van der Waals surface area contributed by atoms with Gasteiger partial charge >= 0.3 is 0 Å². The first kappa shape index (κ1) is 62.2. The molecule has 0 spiro atoms. The van der Waals surface area contributed by atoms with Crippen molar-refractivity contribution in [1.82, 2.24) is 0 Å². The number of nitrogens with zero attached hydrogens (tertiary/aromatic N) is 2. The summed E-state index contributed by atoms with van der Waals surface area (Å²) in [5, 5.41) is 8.54. The minimum atomic E-state index is -0.0265. The molecule has 12 aromatic carbocycles. The number of anilines is 6. The van der Waals surface area contributed by atoms with Gasteiger partial charge in [0.1, 0.15) is 0 Å². The van der Waals surface area contributed by atoms with E-state index in [0.717, 1.165) is 38.5 Å². The topological polar surface area (TPSA) is 6.48 Å². The number of benzene rings is 12. The Morgan fingerprint density at radius 1 is 0.281 bits per heavy atom. The third-order valence-corrected chi connectivity index (χ3v) is 21.6. The maximum absolute atomic E-state index is 2.81. The summed E-state index contributed by atoms with van der Waals surface area (Å²) in [5.41, 5.74) is 41.2. The maximum Gasteiger partial charge on any atom is 0.248 e. The minimum Gasteiger partial charge on any atom is -0.311 e. The van der Waals surface area contributed by atoms with Crippen molar-refractivity contribution >= 4 is 113 Å². The Morgan fingerprint density at radius 3 is 0.948 bits per heavy atom. The fraction of sp³-hybridized carbons (Fsp3) is 0.304. The maximum atomic E-state index is 2.81. The molecule has 2 nitrogen and oxygen atoms in total. The lowest BCUT2D eigenvalue weighted by atomic mass is 9.31. The Hall–Kier alpha value is -8.59. The molecule has 4 heteroatoms. The lowest BCUT2D eigenvalue weighted by Crippen LogP contribution is -2.60. The SMILES string of the molecule is Cc1ccc2c(c1)N(c1ccccc1)c1cc(C)cc3c1B2c1cc2c(-c4c(CC(C)C)cc(CC(C)C)cc4CC(C)C)cc4c5c(cc6c(-c7c(CC(C)C)cc(CC(C)C)cc7CC(C)C)cc-3c1c6c25)B1c2ccc(C)cc2N(c2ccccc2)c2cc(C)cc-4c21. The second-order valence-electron chi connectivity index (χ2n) is 32.5. The molecular weight excluding hydrogens is 1150 g/mol. The van der Waals surface area contributed by atoms with Gasteiger partial charge in [0.05, 0.1) is 0 Å². The molecule has 0 N–H and O–H groups in total. The number of hydrogen-bond acceptors (Lipinski definition) is 2. The molecule has 4 heterocycles. The quantitative estimate of drug-likeness (QED) is 0.0703. The van der Waals surface area contributed by atoms with Crippen LogP contribution in [0, 0.1) is 63.2 Å². The van der Waals surface area contributed by atoms with Gasteiger partial charge in [-0.1, -0.05) is 203 Å². The summed E-state index contributed by atoms with van der Waals surface area (Å²) in [7, 11) is 0. The first-order chi connectivity index (χ1) is 46.2. The van der Waals surface area contributed by atoms with Crippen LogP contribution in [0.1, 0.15) is 139 Å². The molecule has 96 heavy (non-hydrogen) atoms. The molecule has 0 saturated heterocycles. The average Bonchev–Trinajstić information content (AvgIpc) is 0.665. The van der Waals surface area contributed by atoms with Crippen LogP contribution in [0.25, 0.3) is 76.8 Å². The number of hydrogen-bond donors (Lipinski definition) is 0. The zero-order chi connectivity index (χ0) is 66.6. The molecule has 0 fully saturated rings. The Balaban J connectivity index is 1.17. The molecule has 0 aliphatic carbocycles. The van der Waals surface area contributed by atoms with E-state index in [1.807, 2.05) is 0 Å². The summed E-state index contributed by atoms with van der Waals surface area (Å²) in [6, 6.07) is 69.3. The average molecular weight is 1250 g/mol. The molecule has 16 rings (SSSR count). The highest BCUT2D eigenvalue weighted by Gasteiger charge is 2.46. The van der Waals surface area contributed by atoms with Crippen molar-refractivity contribution < 1.29 is 0 Å². The molecule has 0 unspecified atom stereocenters. The van der Waals surface area contributed by atoms with Crippen LogP contribution in [0.5, 0.6) is 0 Å². The first-order valence-electron chi connectivity index (χ1n) is 36.5. The van der Waals surface area contributed by atoms with Crippen LogP contribution in [-0.2, 0) is 38.5 Å². The lowest BCUT2D eigenvalue weighted by molar-refractivity contribution is 0.626. The van der Waals surface area contributed by atoms with Crippen LogP contribution in [0.3, 0.4) is 0 Å². The van der Waals surface area contributed by atoms with Crippen molar-refractivity contribution in [2.75, 3.05) is 9.80 Å². The Morgan fingerprint density at radius 2 is 0.615 bits per heavy atom. The van der Waals surface area contributed by atoms with E-state index >= 15 is 0 Å². The molecule has 0 saturated carbocycles. The van der Waals surface area contributed by atoms with Gasteiger partial charge in [-0.2, -0.15) is 0 Å². The third-order valence-electron chi connectivity index (χ3n) is 21.6. The molecule has 0 radical (unpaired) electrons. The van der Waals surface area contributed by atoms with Crippen molar-refractivity contribution in [3.05, 3.63) is 225 Å². The smallest absolute Gasteiger partial charge is 0.248 e. The fourth-order valence-electron chi connectivity index (χ4n) is 18.6. The third kappa shape index (κ3) is 10.1. The minimum absolute atomic E-state index is 0.0265. The van der Waals surface area contributed by atoms with E-state index in [-0.39, 0.29) is 13.4 Å². The normalized spacial score (nSPS) is 13.5. The zero-order valence-corrected chi connectivity index (χ0v) is 59.9. The molecule has 0 amide bonds. The summed E-state index contributed by atoms with van der Waals surface area (Å²) in [5.74, 6) is 2.91. The summed E-state index contributed by atoms with van der Waals surface area (Å²) < 4.78 is 0. The van der Waals surface area contributed by atoms with E-state index in [2.05, 4.69) is 290 Å². The van der Waals surface area contributed by atoms with Crippen molar-refractivity contribution in [1.29, 1.82) is 0 Å². The number of aryl methyl sites for hydroxylation is 4. The number of para-hydroxylation sites is 2. The Kier molecular flexibility index (Phi) is 15.3. The van der Waals surface area contributed by atoms with Crippen molar-refractivity contribution in [3.63, 3.8) is 0 Å². The zero-order valence-electron chi connectivity index (χ0n) is 59.9. The predicted molar refractivity (Wildman–Crippen MR) is 421 cm³/mol. The van der Waals surface area contributed by atoms with E-state index in [4.69, 9.17) is 0 Å². The van der Waals surface area contributed by atoms with Gasteiger partial charge in [-0.15, -0.1) is 0 Å². The van der Waals surface area contributed by atoms with Crippen LogP contribution < -0.4 is 42.6 Å². The van der Waals surface area contributed by atoms with Gasteiger partial charge in [0.25, 0.3) is 0 Å². The van der Waals surface area contributed by atoms with Gasteiger partial charge in [0.15, 0.2) is 0 Å². The lowest BCUT2D eigenvalue weighted by Gasteiger charge is -2.43. The van der Waals surface area contributed by atoms with Crippen molar-refractivity contribution in [3.8, 4) is 44.5 Å². The predicted octanol–water partition coefficient (Wildman–Crippen LogP) is 20.9. The molecule has 4 aliphatic rings. The van der Waals surface area contributed by atoms with E-state index in [9.17, 15) is 0 Å². The Labute approximate surface area is 573 Å². The van der Waals surface area contributed by atoms with Crippen LogP contribution in [0.15, 0.2) is 170 Å². The van der Waals surface area contributed by atoms with E-state index in [1.54, 1.807) is 0 Å². The van der Waals surface area contributed by atoms with E-state index in [0.29, 0.717) is 35.5 Å². The molecule has 478 valence electrons. The van der Waals surface area contributed by atoms with Crippen molar-refractivity contribution in [2.45, 2.75) is 149 Å². The number of fused-ring (bicyclic) bond motifs is 8. The van der Waals surface area contributed by atoms with Crippen LogP contribution in [0.4, 0.5) is 34.1 Å². The molecule has 0 atom stereocenters. The Bertz CT molecular complexity index is 4750. The van der Waals surface area contributed by atoms with Gasteiger partial charge in [-0.25, -0.2) is 0 Å². The highest BCUT2D eigenvalue weighted by Crippen LogP contribution is 2.54. The number of rotatable bonds is 16. The van der Waals surface area contributed by atoms with Gasteiger partial charge in [0, 0.05) is 34.1 Å². The largest absolute Gasteiger partial charge is 0.311 e. The van der Waals surface area contributed by atoms with Crippen molar-refractivity contribution in [2.24, 2.45) is 35.5 Å². The highest BCUT2D eigenvalue weighted by molar-refractivity contribution is 7.02. The van der Waals surface area contributed by atoms with Crippen LogP contribution in [-0.4, -0.2) is 13.4 Å². The standard InChI is InChI=1S/C92H94B2N2/c1-51(2)31-61-43-63(33-53(5)6)85(64(44-61)34-54(7)8)69-47-71-75-37-59(15)41-83-91(75)94(78-30-28-58(14)40-82(78)95(83)67-23-19-17-20-24-67)80-50-74-70(86-65(35-55(9)10)45-62(32-52(3)4)46-66(86)36-56(11)12)48-72-76-38-60(16)42-84-92(76)93(79-49-73(69)89(87(71)80)90(74)88(72)79)77-29-27-57(13)39-81(77)96(84)68-25-21-18-22-26-68/h17-30,37-56H,31-36H2,1-16H3. The molecule has 0 aromatic heterocycles. The summed E-state index contributed by atoms with van der Waals surface area (Å²) in [6.07, 6.45) is 6.14. The second kappa shape index (κ2) is 23.6. The van der Waals surface area contributed by atoms with Gasteiger partial charge in [-0.05, 0) is 317 Å². The van der Waals surface area contributed by atoms with Gasteiger partial charge < -0.3 is 9.80 Å². The molecule has 12 aromatic rings.